The van der Waals surface area contributed by atoms with Crippen LogP contribution in [0.25, 0.3) is 0 Å². The average molecular weight is 297 g/mol. The molecule has 1 amide bonds. The number of carbonyl (C=O) groups excluding carboxylic acids is 1. The smallest absolute Gasteiger partial charge is 0.236 e. The van der Waals surface area contributed by atoms with Gasteiger partial charge in [0, 0.05) is 17.6 Å². The van der Waals surface area contributed by atoms with Crippen LogP contribution in [0.15, 0.2) is 24.3 Å². The highest BCUT2D eigenvalue weighted by atomic mass is 35.5. The molecule has 2 atom stereocenters. The standard InChI is InChI=1S/C16H25ClN2O/c1-11(2)9-10-18-16(20)13(4)19-12(3)14-7-5-6-8-15(14)17/h5-8,11-13,19H,9-10H2,1-4H3,(H,18,20)/t12-,13?/m0/s1. The zero-order valence-corrected chi connectivity index (χ0v) is 13.5. The number of rotatable bonds is 7. The summed E-state index contributed by atoms with van der Waals surface area (Å²) in [4.78, 5) is 12.0. The summed E-state index contributed by atoms with van der Waals surface area (Å²) in [5.74, 6) is 0.630. The van der Waals surface area contributed by atoms with Crippen LogP contribution in [0.1, 0.15) is 45.7 Å². The van der Waals surface area contributed by atoms with E-state index in [9.17, 15) is 4.79 Å². The molecule has 0 aliphatic rings. The van der Waals surface area contributed by atoms with Crippen molar-refractivity contribution in [3.63, 3.8) is 0 Å². The molecule has 112 valence electrons. The lowest BCUT2D eigenvalue weighted by atomic mass is 10.1. The average Bonchev–Trinajstić information content (AvgIpc) is 2.38. The number of carbonyl (C=O) groups is 1. The Kier molecular flexibility index (Phi) is 7.03. The molecule has 0 radical (unpaired) electrons. The van der Waals surface area contributed by atoms with Crippen molar-refractivity contribution >= 4 is 17.5 Å². The lowest BCUT2D eigenvalue weighted by Crippen LogP contribution is -2.43. The number of nitrogens with one attached hydrogen (secondary N) is 2. The van der Waals surface area contributed by atoms with Gasteiger partial charge in [-0.05, 0) is 37.8 Å². The Hall–Kier alpha value is -1.06. The summed E-state index contributed by atoms with van der Waals surface area (Å²) in [6.07, 6.45) is 0.999. The van der Waals surface area contributed by atoms with Crippen LogP contribution in [0, 0.1) is 5.92 Å². The maximum atomic E-state index is 12.0. The summed E-state index contributed by atoms with van der Waals surface area (Å²) in [5.41, 5.74) is 1.01. The third-order valence-electron chi connectivity index (χ3n) is 3.29. The van der Waals surface area contributed by atoms with Crippen LogP contribution in [0.5, 0.6) is 0 Å². The third kappa shape index (κ3) is 5.51. The van der Waals surface area contributed by atoms with Crippen LogP contribution in [0.4, 0.5) is 0 Å². The minimum absolute atomic E-state index is 0.0320. The van der Waals surface area contributed by atoms with Gasteiger partial charge in [-0.1, -0.05) is 43.6 Å². The van der Waals surface area contributed by atoms with Crippen LogP contribution >= 0.6 is 11.6 Å². The molecule has 0 heterocycles. The Morgan fingerprint density at radius 1 is 1.20 bits per heavy atom. The van der Waals surface area contributed by atoms with Crippen molar-refractivity contribution in [3.8, 4) is 0 Å². The molecule has 0 aliphatic heterocycles. The highest BCUT2D eigenvalue weighted by molar-refractivity contribution is 6.31. The Labute approximate surface area is 127 Å². The number of hydrogen-bond acceptors (Lipinski definition) is 2. The fourth-order valence-corrected chi connectivity index (χ4v) is 2.30. The largest absolute Gasteiger partial charge is 0.355 e. The predicted octanol–water partition coefficient (Wildman–Crippen LogP) is 3.54. The van der Waals surface area contributed by atoms with Crippen molar-refractivity contribution in [2.45, 2.75) is 46.2 Å². The van der Waals surface area contributed by atoms with Gasteiger partial charge in [-0.15, -0.1) is 0 Å². The van der Waals surface area contributed by atoms with Crippen molar-refractivity contribution in [2.24, 2.45) is 5.92 Å². The molecule has 0 aromatic heterocycles. The molecule has 0 fully saturated rings. The molecule has 1 rings (SSSR count). The summed E-state index contributed by atoms with van der Waals surface area (Å²) in [5, 5.41) is 6.95. The monoisotopic (exact) mass is 296 g/mol. The van der Waals surface area contributed by atoms with E-state index in [1.54, 1.807) is 0 Å². The summed E-state index contributed by atoms with van der Waals surface area (Å²) < 4.78 is 0. The van der Waals surface area contributed by atoms with Crippen molar-refractivity contribution in [1.29, 1.82) is 0 Å². The van der Waals surface area contributed by atoms with Crippen molar-refractivity contribution < 1.29 is 4.79 Å². The Bertz CT molecular complexity index is 434. The van der Waals surface area contributed by atoms with Crippen molar-refractivity contribution in [3.05, 3.63) is 34.9 Å². The first kappa shape index (κ1) is 17.0. The Balaban J connectivity index is 2.47. The van der Waals surface area contributed by atoms with E-state index in [-0.39, 0.29) is 18.0 Å². The molecule has 0 bridgehead atoms. The second kappa shape index (κ2) is 8.28. The third-order valence-corrected chi connectivity index (χ3v) is 3.63. The number of amides is 1. The van der Waals surface area contributed by atoms with E-state index >= 15 is 0 Å². The van der Waals surface area contributed by atoms with Gasteiger partial charge in [0.2, 0.25) is 5.91 Å². The Morgan fingerprint density at radius 2 is 1.85 bits per heavy atom. The summed E-state index contributed by atoms with van der Waals surface area (Å²) in [6.45, 7) is 8.90. The number of hydrogen-bond donors (Lipinski definition) is 2. The molecular formula is C16H25ClN2O. The van der Waals surface area contributed by atoms with Crippen LogP contribution in [-0.2, 0) is 4.79 Å². The minimum atomic E-state index is -0.242. The van der Waals surface area contributed by atoms with Gasteiger partial charge >= 0.3 is 0 Å². The van der Waals surface area contributed by atoms with Crippen molar-refractivity contribution in [1.82, 2.24) is 10.6 Å². The molecule has 2 N–H and O–H groups in total. The van der Waals surface area contributed by atoms with Gasteiger partial charge in [0.05, 0.1) is 6.04 Å². The summed E-state index contributed by atoms with van der Waals surface area (Å²) in [6, 6.07) is 7.49. The maximum absolute atomic E-state index is 12.0. The zero-order chi connectivity index (χ0) is 15.1. The minimum Gasteiger partial charge on any atom is -0.355 e. The summed E-state index contributed by atoms with van der Waals surface area (Å²) in [7, 11) is 0. The summed E-state index contributed by atoms with van der Waals surface area (Å²) >= 11 is 6.16. The van der Waals surface area contributed by atoms with E-state index in [1.807, 2.05) is 38.1 Å². The van der Waals surface area contributed by atoms with Gasteiger partial charge < -0.3 is 5.32 Å². The molecule has 3 nitrogen and oxygen atoms in total. The number of halogens is 1. The quantitative estimate of drug-likeness (QED) is 0.808. The molecule has 4 heteroatoms. The fraction of sp³-hybridized carbons (Fsp3) is 0.562. The lowest BCUT2D eigenvalue weighted by molar-refractivity contribution is -0.122. The second-order valence-corrected chi connectivity index (χ2v) is 6.01. The van der Waals surface area contributed by atoms with Gasteiger partial charge in [-0.3, -0.25) is 10.1 Å². The molecule has 20 heavy (non-hydrogen) atoms. The lowest BCUT2D eigenvalue weighted by Gasteiger charge is -2.21. The highest BCUT2D eigenvalue weighted by Crippen LogP contribution is 2.22. The molecular weight excluding hydrogens is 272 g/mol. The molecule has 1 unspecified atom stereocenters. The SMILES string of the molecule is CC(C)CCNC(=O)C(C)N[C@@H](C)c1ccccc1Cl. The molecule has 1 aromatic carbocycles. The van der Waals surface area contributed by atoms with Crippen LogP contribution < -0.4 is 10.6 Å². The highest BCUT2D eigenvalue weighted by Gasteiger charge is 2.17. The first-order chi connectivity index (χ1) is 9.41. The first-order valence-corrected chi connectivity index (χ1v) is 7.57. The molecule has 1 aromatic rings. The van der Waals surface area contributed by atoms with Gasteiger partial charge in [0.25, 0.3) is 0 Å². The number of benzene rings is 1. The topological polar surface area (TPSA) is 41.1 Å². The molecule has 0 aliphatic carbocycles. The van der Waals surface area contributed by atoms with Gasteiger partial charge in [-0.2, -0.15) is 0 Å². The van der Waals surface area contributed by atoms with Crippen LogP contribution in [0.2, 0.25) is 5.02 Å². The maximum Gasteiger partial charge on any atom is 0.236 e. The van der Waals surface area contributed by atoms with E-state index in [1.165, 1.54) is 0 Å². The Morgan fingerprint density at radius 3 is 2.45 bits per heavy atom. The molecule has 0 saturated carbocycles. The first-order valence-electron chi connectivity index (χ1n) is 7.20. The zero-order valence-electron chi connectivity index (χ0n) is 12.7. The van der Waals surface area contributed by atoms with Gasteiger partial charge in [0.15, 0.2) is 0 Å². The second-order valence-electron chi connectivity index (χ2n) is 5.61. The van der Waals surface area contributed by atoms with E-state index in [0.29, 0.717) is 5.92 Å². The van der Waals surface area contributed by atoms with Crippen molar-refractivity contribution in [2.75, 3.05) is 6.54 Å². The normalized spacial score (nSPS) is 14.1. The molecule has 0 spiro atoms. The van der Waals surface area contributed by atoms with E-state index < -0.39 is 0 Å². The molecule has 0 saturated heterocycles. The van der Waals surface area contributed by atoms with Crippen LogP contribution in [0.3, 0.4) is 0 Å². The van der Waals surface area contributed by atoms with E-state index in [0.717, 1.165) is 23.6 Å². The van der Waals surface area contributed by atoms with E-state index in [4.69, 9.17) is 11.6 Å². The predicted molar refractivity (Wildman–Crippen MR) is 84.9 cm³/mol. The fourth-order valence-electron chi connectivity index (χ4n) is 2.00. The van der Waals surface area contributed by atoms with Gasteiger partial charge in [0.1, 0.15) is 0 Å². The van der Waals surface area contributed by atoms with Gasteiger partial charge in [-0.25, -0.2) is 0 Å². The van der Waals surface area contributed by atoms with Crippen LogP contribution in [-0.4, -0.2) is 18.5 Å². The van der Waals surface area contributed by atoms with E-state index in [2.05, 4.69) is 24.5 Å².